The third kappa shape index (κ3) is 17.1. The van der Waals surface area contributed by atoms with Crippen molar-refractivity contribution in [3.63, 3.8) is 0 Å². The summed E-state index contributed by atoms with van der Waals surface area (Å²) in [5.74, 6) is -0.331. The molecule has 0 saturated carbocycles. The molecule has 0 bridgehead atoms. The SMILES string of the molecule is C1CCOC1.CCN(CC)CC.Nc1ccc2c(C(F)(F)F)cc(=O)oc2c1.O=Bc1ccc(C(=O)Cl)cc1.O=C(Cc1ccc2c(C(F)(F)F)cc(=O)oc2c1)c1ccc(B(O)O)cc1. The van der Waals surface area contributed by atoms with Crippen LogP contribution in [0.2, 0.25) is 0 Å². The monoisotopic (exact) mass is 944 g/mol. The van der Waals surface area contributed by atoms with E-state index in [9.17, 15) is 50.2 Å². The molecule has 7 rings (SSSR count). The molecule has 1 saturated heterocycles. The number of hydrogen-bond donors (Lipinski definition) is 3. The second-order valence-corrected chi connectivity index (χ2v) is 14.4. The summed E-state index contributed by atoms with van der Waals surface area (Å²) >= 11 is 5.17. The zero-order valence-electron chi connectivity index (χ0n) is 35.9. The Morgan fingerprint density at radius 3 is 1.58 bits per heavy atom. The minimum atomic E-state index is -4.70. The molecule has 0 amide bonds. The maximum Gasteiger partial charge on any atom is 0.488 e. The number of Topliss-reactive ketones (excluding diaryl/α,β-unsaturated/α-hetero) is 1. The van der Waals surface area contributed by atoms with Crippen molar-refractivity contribution >= 4 is 75.4 Å². The van der Waals surface area contributed by atoms with Crippen LogP contribution in [0.4, 0.5) is 32.0 Å². The van der Waals surface area contributed by atoms with E-state index in [1.165, 1.54) is 99.2 Å². The summed E-state index contributed by atoms with van der Waals surface area (Å²) in [4.78, 5) is 47.6. The zero-order chi connectivity index (χ0) is 49.2. The van der Waals surface area contributed by atoms with Crippen LogP contribution < -0.4 is 27.9 Å². The van der Waals surface area contributed by atoms with Gasteiger partial charge >= 0.3 is 99.5 Å². The fourth-order valence-corrected chi connectivity index (χ4v) is 6.09. The molecule has 350 valence electrons. The van der Waals surface area contributed by atoms with Crippen molar-refractivity contribution in [1.82, 2.24) is 4.90 Å². The fourth-order valence-electron chi connectivity index (χ4n) is 5.97. The predicted octanol–water partition coefficient (Wildman–Crippen LogP) is 7.20. The molecule has 3 heterocycles. The molecule has 0 aliphatic carbocycles. The van der Waals surface area contributed by atoms with E-state index in [4.69, 9.17) is 36.5 Å². The Kier molecular flexibility index (Phi) is 21.2. The molecule has 0 radical (unpaired) electrons. The number of halogens is 7. The van der Waals surface area contributed by atoms with E-state index in [0.29, 0.717) is 41.4 Å². The summed E-state index contributed by atoms with van der Waals surface area (Å²) < 4.78 is 102. The van der Waals surface area contributed by atoms with E-state index in [1.54, 1.807) is 12.1 Å². The van der Waals surface area contributed by atoms with Crippen LogP contribution in [0.25, 0.3) is 21.9 Å². The van der Waals surface area contributed by atoms with Gasteiger partial charge in [-0.1, -0.05) is 57.2 Å². The number of anilines is 1. The number of alkyl halides is 6. The van der Waals surface area contributed by atoms with Crippen LogP contribution in [0.15, 0.2) is 115 Å². The number of ether oxygens (including phenoxy) is 1. The number of benzene rings is 4. The fraction of sp³-hybridized carbons (Fsp3) is 0.289. The molecule has 1 fully saturated rings. The van der Waals surface area contributed by atoms with Crippen LogP contribution in [0.5, 0.6) is 0 Å². The van der Waals surface area contributed by atoms with Gasteiger partial charge in [0, 0.05) is 59.9 Å². The van der Waals surface area contributed by atoms with E-state index in [1.807, 2.05) is 0 Å². The molecule has 6 aromatic rings. The number of carbonyl (C=O) groups excluding carboxylic acids is 2. The topological polar surface area (TPSA) is 191 Å². The standard InChI is InChI=1S/C18H12BF3O5.C10H6F3NO2.C7H4BClO2.C6H15N.C4H8O/c20-18(21,22)14-9-17(24)27-16-8-10(1-6-13(14)16)7-15(23)11-2-4-12(5-3-11)19(25)26;11-10(12,13)7-4-9(15)16-8-3-5(14)1-2-6(7)8;9-7(10)5-1-3-6(8-11)4-2-5;1-4-7(5-2)6-3;1-2-4-5-3-1/h1-6,8-9,25-26H,7H2;1-4H,14H2;1-4H;4-6H2,1-3H3;1-4H2. The van der Waals surface area contributed by atoms with Gasteiger partial charge in [0.15, 0.2) is 5.78 Å². The molecular formula is C45H45B2ClF6N2O10. The number of carbonyl (C=O) groups is 2. The molecule has 12 nitrogen and oxygen atoms in total. The maximum atomic E-state index is 13.0. The van der Waals surface area contributed by atoms with Gasteiger partial charge in [-0.2, -0.15) is 26.3 Å². The van der Waals surface area contributed by atoms with Gasteiger partial charge in [-0.15, -0.1) is 0 Å². The first-order valence-electron chi connectivity index (χ1n) is 20.2. The Hall–Kier alpha value is -5.92. The van der Waals surface area contributed by atoms with Crippen LogP contribution in [-0.2, 0) is 28.2 Å². The molecule has 0 spiro atoms. The Bertz CT molecular complexity index is 2640. The molecule has 66 heavy (non-hydrogen) atoms. The normalized spacial score (nSPS) is 12.0. The van der Waals surface area contributed by atoms with Crippen molar-refractivity contribution in [2.75, 3.05) is 38.6 Å². The van der Waals surface area contributed by atoms with Crippen molar-refractivity contribution in [3.05, 3.63) is 146 Å². The Labute approximate surface area is 380 Å². The molecule has 2 aromatic heterocycles. The summed E-state index contributed by atoms with van der Waals surface area (Å²) in [6.45, 7) is 12.1. The van der Waals surface area contributed by atoms with Crippen LogP contribution in [-0.4, -0.2) is 73.1 Å². The number of nitrogens with two attached hydrogens (primary N) is 1. The summed E-state index contributed by atoms with van der Waals surface area (Å²) in [5, 5.41) is 17.1. The zero-order valence-corrected chi connectivity index (χ0v) is 36.6. The summed E-state index contributed by atoms with van der Waals surface area (Å²) in [5.41, 5.74) is 2.74. The van der Waals surface area contributed by atoms with Crippen molar-refractivity contribution in [3.8, 4) is 0 Å². The van der Waals surface area contributed by atoms with Crippen LogP contribution in [0, 0.1) is 0 Å². The second-order valence-electron chi connectivity index (χ2n) is 14.1. The third-order valence-electron chi connectivity index (χ3n) is 9.53. The van der Waals surface area contributed by atoms with Gasteiger partial charge in [-0.25, -0.2) is 9.59 Å². The number of rotatable bonds is 9. The average molecular weight is 945 g/mol. The minimum Gasteiger partial charge on any atom is -0.423 e. The van der Waals surface area contributed by atoms with E-state index in [2.05, 4.69) is 30.1 Å². The van der Waals surface area contributed by atoms with Crippen LogP contribution in [0.3, 0.4) is 0 Å². The molecule has 4 N–H and O–H groups in total. The number of nitrogen functional groups attached to an aromatic ring is 1. The Morgan fingerprint density at radius 1 is 0.712 bits per heavy atom. The second kappa shape index (κ2) is 25.7. The van der Waals surface area contributed by atoms with Crippen molar-refractivity contribution < 1.29 is 64.3 Å². The van der Waals surface area contributed by atoms with Gasteiger partial charge in [-0.05, 0) is 61.7 Å². The predicted molar refractivity (Wildman–Crippen MR) is 240 cm³/mol. The molecule has 0 unspecified atom stereocenters. The molecule has 1 aliphatic rings. The molecule has 1 aliphatic heterocycles. The van der Waals surface area contributed by atoms with Gasteiger partial charge in [-0.3, -0.25) is 4.79 Å². The first kappa shape index (κ1) is 54.4. The van der Waals surface area contributed by atoms with Crippen molar-refractivity contribution in [2.45, 2.75) is 52.4 Å². The van der Waals surface area contributed by atoms with Crippen LogP contribution in [0.1, 0.15) is 71.0 Å². The van der Waals surface area contributed by atoms with Crippen molar-refractivity contribution in [1.29, 1.82) is 0 Å². The number of nitrogens with zero attached hydrogens (tertiary/aromatic N) is 1. The third-order valence-corrected chi connectivity index (χ3v) is 9.74. The van der Waals surface area contributed by atoms with E-state index in [0.717, 1.165) is 19.3 Å². The Balaban J connectivity index is 0.000000249. The summed E-state index contributed by atoms with van der Waals surface area (Å²) in [7, 11) is -0.942. The van der Waals surface area contributed by atoms with E-state index in [-0.39, 0.29) is 45.3 Å². The molecule has 21 heteroatoms. The summed E-state index contributed by atoms with van der Waals surface area (Å²) in [6, 6.07) is 20.0. The average Bonchev–Trinajstić information content (AvgIpc) is 3.87. The number of ketones is 1. The largest absolute Gasteiger partial charge is 0.488 e. The molecule has 4 aromatic carbocycles. The quantitative estimate of drug-likeness (QED) is 0.0331. The van der Waals surface area contributed by atoms with Gasteiger partial charge in [0.2, 0.25) is 0 Å². The Morgan fingerprint density at radius 2 is 1.18 bits per heavy atom. The first-order chi connectivity index (χ1) is 31.1. The molecule has 0 atom stereocenters. The van der Waals surface area contributed by atoms with E-state index < -0.39 is 47.1 Å². The first-order valence-corrected chi connectivity index (χ1v) is 20.6. The van der Waals surface area contributed by atoms with Gasteiger partial charge in [0.25, 0.3) is 0 Å². The van der Waals surface area contributed by atoms with E-state index >= 15 is 0 Å². The summed E-state index contributed by atoms with van der Waals surface area (Å²) in [6.07, 6.45) is -6.87. The number of hydrogen-bond acceptors (Lipinski definition) is 12. The maximum absolute atomic E-state index is 13.0. The van der Waals surface area contributed by atoms with Gasteiger partial charge in [0.1, 0.15) is 11.2 Å². The van der Waals surface area contributed by atoms with Gasteiger partial charge in [0.05, 0.1) is 11.1 Å². The number of fused-ring (bicyclic) bond motifs is 2. The van der Waals surface area contributed by atoms with Crippen molar-refractivity contribution in [2.24, 2.45) is 0 Å². The van der Waals surface area contributed by atoms with Crippen LogP contribution >= 0.6 is 11.6 Å². The minimum absolute atomic E-state index is 0.128. The smallest absolute Gasteiger partial charge is 0.423 e. The molecular weight excluding hydrogens is 900 g/mol. The van der Waals surface area contributed by atoms with Gasteiger partial charge < -0.3 is 34.3 Å².